The molecule has 0 spiro atoms. The second kappa shape index (κ2) is 5.38. The van der Waals surface area contributed by atoms with Crippen molar-refractivity contribution < 1.29 is 8.78 Å². The average Bonchev–Trinajstić information content (AvgIpc) is 2.76. The number of halogens is 3. The number of nitrogens with one attached hydrogen (secondary N) is 1. The lowest BCUT2D eigenvalue weighted by Crippen LogP contribution is -2.11. The highest BCUT2D eigenvalue weighted by Gasteiger charge is 2.18. The van der Waals surface area contributed by atoms with Gasteiger partial charge in [0.15, 0.2) is 5.01 Å². The zero-order chi connectivity index (χ0) is 13.3. The summed E-state index contributed by atoms with van der Waals surface area (Å²) in [6.45, 7) is 1.90. The summed E-state index contributed by atoms with van der Waals surface area (Å²) < 4.78 is 27.8. The molecule has 0 aliphatic carbocycles. The van der Waals surface area contributed by atoms with Crippen molar-refractivity contribution in [1.29, 1.82) is 0 Å². The fraction of sp³-hybridized carbons (Fsp3) is 0.273. The van der Waals surface area contributed by atoms with Gasteiger partial charge in [0.05, 0.1) is 11.6 Å². The summed E-state index contributed by atoms with van der Waals surface area (Å²) in [4.78, 5) is 0. The highest BCUT2D eigenvalue weighted by molar-refractivity contribution is 9.10. The van der Waals surface area contributed by atoms with Crippen LogP contribution in [0, 0.1) is 11.6 Å². The van der Waals surface area contributed by atoms with Crippen molar-refractivity contribution >= 4 is 27.3 Å². The Balaban J connectivity index is 2.46. The molecule has 0 fully saturated rings. The summed E-state index contributed by atoms with van der Waals surface area (Å²) in [6, 6.07) is 2.42. The molecule has 0 saturated heterocycles. The minimum atomic E-state index is -0.651. The van der Waals surface area contributed by atoms with E-state index in [1.807, 2.05) is 6.92 Å². The van der Waals surface area contributed by atoms with Crippen LogP contribution in [0.3, 0.4) is 0 Å². The van der Waals surface area contributed by atoms with Gasteiger partial charge in [0.2, 0.25) is 0 Å². The maximum Gasteiger partial charge on any atom is 0.153 e. The number of nitrogens with zero attached hydrogens (tertiary/aromatic N) is 2. The fourth-order valence-electron chi connectivity index (χ4n) is 1.38. The van der Waals surface area contributed by atoms with Crippen molar-refractivity contribution in [2.24, 2.45) is 0 Å². The molecule has 0 aliphatic rings. The molecule has 2 rings (SSSR count). The Labute approximate surface area is 115 Å². The molecule has 1 N–H and O–H groups in total. The Morgan fingerprint density at radius 1 is 1.28 bits per heavy atom. The first-order valence-corrected chi connectivity index (χ1v) is 6.79. The fourth-order valence-corrected chi connectivity index (χ4v) is 2.74. The first-order chi connectivity index (χ1) is 8.52. The lowest BCUT2D eigenvalue weighted by Gasteiger charge is -2.03. The van der Waals surface area contributed by atoms with Gasteiger partial charge in [0.25, 0.3) is 0 Å². The van der Waals surface area contributed by atoms with Crippen LogP contribution in [-0.2, 0) is 0 Å². The molecule has 1 aromatic heterocycles. The molecule has 1 unspecified atom stereocenters. The molecule has 0 aliphatic heterocycles. The lowest BCUT2D eigenvalue weighted by atomic mass is 10.2. The molecular weight excluding hydrogens is 324 g/mol. The van der Waals surface area contributed by atoms with Gasteiger partial charge in [-0.2, -0.15) is 0 Å². The molecule has 1 aromatic carbocycles. The van der Waals surface area contributed by atoms with E-state index in [4.69, 9.17) is 0 Å². The van der Waals surface area contributed by atoms with Crippen LogP contribution >= 0.6 is 27.3 Å². The molecule has 1 heterocycles. The van der Waals surface area contributed by atoms with E-state index < -0.39 is 11.6 Å². The molecular formula is C11H10BrF2N3S. The number of hydrogen-bond donors (Lipinski definition) is 1. The van der Waals surface area contributed by atoms with Gasteiger partial charge >= 0.3 is 0 Å². The van der Waals surface area contributed by atoms with Gasteiger partial charge in [0, 0.05) is 4.47 Å². The molecule has 3 nitrogen and oxygen atoms in total. The summed E-state index contributed by atoms with van der Waals surface area (Å²) in [5, 5.41) is 11.7. The molecule has 18 heavy (non-hydrogen) atoms. The molecule has 2 aromatic rings. The zero-order valence-corrected chi connectivity index (χ0v) is 12.1. The predicted octanol–water partition coefficient (Wildman–Crippen LogP) is 3.53. The number of benzene rings is 1. The highest BCUT2D eigenvalue weighted by atomic mass is 79.9. The van der Waals surface area contributed by atoms with Gasteiger partial charge in [-0.3, -0.25) is 0 Å². The summed E-state index contributed by atoms with van der Waals surface area (Å²) in [7, 11) is 1.78. The van der Waals surface area contributed by atoms with Crippen molar-refractivity contribution in [3.05, 3.63) is 33.2 Å². The van der Waals surface area contributed by atoms with E-state index in [9.17, 15) is 8.78 Å². The van der Waals surface area contributed by atoms with Crippen LogP contribution in [0.25, 0.3) is 10.6 Å². The smallest absolute Gasteiger partial charge is 0.153 e. The Hall–Kier alpha value is -0.920. The summed E-state index contributed by atoms with van der Waals surface area (Å²) in [6.07, 6.45) is 0. The molecule has 0 bridgehead atoms. The van der Waals surface area contributed by atoms with Crippen LogP contribution in [0.2, 0.25) is 0 Å². The first kappa shape index (κ1) is 13.5. The maximum atomic E-state index is 13.7. The minimum absolute atomic E-state index is 0.00202. The van der Waals surface area contributed by atoms with Gasteiger partial charge < -0.3 is 5.32 Å². The van der Waals surface area contributed by atoms with Gasteiger partial charge in [-0.05, 0) is 26.1 Å². The van der Waals surface area contributed by atoms with Gasteiger partial charge in [0.1, 0.15) is 16.6 Å². The second-order valence-electron chi connectivity index (χ2n) is 3.70. The molecule has 0 radical (unpaired) electrons. The van der Waals surface area contributed by atoms with Crippen molar-refractivity contribution in [3.63, 3.8) is 0 Å². The summed E-state index contributed by atoms with van der Waals surface area (Å²) in [5.41, 5.74) is -0.134. The van der Waals surface area contributed by atoms with Crippen LogP contribution in [0.4, 0.5) is 8.78 Å². The highest BCUT2D eigenvalue weighted by Crippen LogP contribution is 2.32. The Kier molecular flexibility index (Phi) is 4.04. The van der Waals surface area contributed by atoms with Gasteiger partial charge in [-0.1, -0.05) is 27.3 Å². The largest absolute Gasteiger partial charge is 0.311 e. The minimum Gasteiger partial charge on any atom is -0.311 e. The van der Waals surface area contributed by atoms with E-state index in [0.717, 1.165) is 0 Å². The average molecular weight is 334 g/mol. The van der Waals surface area contributed by atoms with E-state index in [0.29, 0.717) is 9.48 Å². The topological polar surface area (TPSA) is 37.8 Å². The first-order valence-electron chi connectivity index (χ1n) is 5.18. The molecule has 96 valence electrons. The SMILES string of the molecule is CNC(C)c1nnc(-c2c(F)cc(Br)cc2F)s1. The van der Waals surface area contributed by atoms with Crippen LogP contribution in [0.1, 0.15) is 18.0 Å². The molecule has 0 saturated carbocycles. The zero-order valence-electron chi connectivity index (χ0n) is 9.67. The van der Waals surface area contributed by atoms with E-state index in [-0.39, 0.29) is 16.6 Å². The number of aromatic nitrogens is 2. The Morgan fingerprint density at radius 2 is 1.89 bits per heavy atom. The van der Waals surface area contributed by atoms with Crippen LogP contribution < -0.4 is 5.32 Å². The van der Waals surface area contributed by atoms with Gasteiger partial charge in [-0.15, -0.1) is 10.2 Å². The monoisotopic (exact) mass is 333 g/mol. The third kappa shape index (κ3) is 2.57. The summed E-state index contributed by atoms with van der Waals surface area (Å²) >= 11 is 4.21. The van der Waals surface area contributed by atoms with E-state index in [1.54, 1.807) is 7.05 Å². The number of rotatable bonds is 3. The van der Waals surface area contributed by atoms with E-state index >= 15 is 0 Å². The quantitative estimate of drug-likeness (QED) is 0.933. The molecule has 7 heteroatoms. The Morgan fingerprint density at radius 3 is 2.44 bits per heavy atom. The van der Waals surface area contributed by atoms with Crippen molar-refractivity contribution in [3.8, 4) is 10.6 Å². The maximum absolute atomic E-state index is 13.7. The second-order valence-corrected chi connectivity index (χ2v) is 5.63. The van der Waals surface area contributed by atoms with Crippen molar-refractivity contribution in [2.45, 2.75) is 13.0 Å². The van der Waals surface area contributed by atoms with E-state index in [2.05, 4.69) is 31.4 Å². The predicted molar refractivity (Wildman–Crippen MR) is 70.4 cm³/mol. The number of hydrogen-bond acceptors (Lipinski definition) is 4. The van der Waals surface area contributed by atoms with Crippen molar-refractivity contribution in [2.75, 3.05) is 7.05 Å². The summed E-state index contributed by atoms with van der Waals surface area (Å²) in [5.74, 6) is -1.30. The normalized spacial score (nSPS) is 12.7. The standard InChI is InChI=1S/C11H10BrF2N3S/c1-5(15-2)10-16-17-11(18-10)9-7(13)3-6(12)4-8(9)14/h3-5,15H,1-2H3. The lowest BCUT2D eigenvalue weighted by molar-refractivity contribution is 0.587. The molecule has 1 atom stereocenters. The molecule has 0 amide bonds. The van der Waals surface area contributed by atoms with E-state index in [1.165, 1.54) is 23.5 Å². The van der Waals surface area contributed by atoms with Crippen LogP contribution in [0.5, 0.6) is 0 Å². The van der Waals surface area contributed by atoms with Crippen LogP contribution in [0.15, 0.2) is 16.6 Å². The Bertz CT molecular complexity index is 550. The van der Waals surface area contributed by atoms with Crippen LogP contribution in [-0.4, -0.2) is 17.2 Å². The van der Waals surface area contributed by atoms with Gasteiger partial charge in [-0.25, -0.2) is 8.78 Å². The van der Waals surface area contributed by atoms with Crippen molar-refractivity contribution in [1.82, 2.24) is 15.5 Å². The third-order valence-corrected chi connectivity index (χ3v) is 4.05. The third-order valence-electron chi connectivity index (χ3n) is 2.46.